The molecule has 2 aromatic rings. The van der Waals surface area contributed by atoms with Crippen LogP contribution in [0.5, 0.6) is 0 Å². The standard InChI is InChI=1S/C22H28N2O2S/c1-3-6-17(7-4-2)21(25)23-19-10-9-16-11-12-24(15-18(16)14-19)22(26)20-8-5-13-27-20/h5,8-10,13-14,17H,3-4,6-7,11-12,15H2,1-2H3,(H,23,25). The number of nitrogens with one attached hydrogen (secondary N) is 1. The first-order valence-electron chi connectivity index (χ1n) is 9.87. The predicted molar refractivity (Wildman–Crippen MR) is 111 cm³/mol. The summed E-state index contributed by atoms with van der Waals surface area (Å²) in [6.45, 7) is 5.58. The third kappa shape index (κ3) is 4.78. The van der Waals surface area contributed by atoms with Gasteiger partial charge in [-0.3, -0.25) is 9.59 Å². The minimum atomic E-state index is 0.0768. The lowest BCUT2D eigenvalue weighted by Gasteiger charge is -2.29. The number of nitrogens with zero attached hydrogens (tertiary/aromatic N) is 1. The lowest BCUT2D eigenvalue weighted by atomic mass is 9.96. The van der Waals surface area contributed by atoms with Crippen LogP contribution in [0.3, 0.4) is 0 Å². The van der Waals surface area contributed by atoms with Crippen molar-refractivity contribution in [2.45, 2.75) is 52.5 Å². The lowest BCUT2D eigenvalue weighted by Crippen LogP contribution is -2.35. The monoisotopic (exact) mass is 384 g/mol. The number of anilines is 1. The molecule has 2 heterocycles. The molecule has 0 bridgehead atoms. The minimum absolute atomic E-state index is 0.0768. The fourth-order valence-corrected chi connectivity index (χ4v) is 4.40. The summed E-state index contributed by atoms with van der Waals surface area (Å²) in [7, 11) is 0. The van der Waals surface area contributed by atoms with Crippen LogP contribution in [-0.4, -0.2) is 23.3 Å². The number of carbonyl (C=O) groups is 2. The minimum Gasteiger partial charge on any atom is -0.333 e. The molecule has 1 N–H and O–H groups in total. The molecule has 0 saturated carbocycles. The molecule has 3 rings (SSSR count). The van der Waals surface area contributed by atoms with Gasteiger partial charge in [0.05, 0.1) is 4.88 Å². The topological polar surface area (TPSA) is 49.4 Å². The van der Waals surface area contributed by atoms with Crippen LogP contribution in [0.15, 0.2) is 35.7 Å². The second-order valence-electron chi connectivity index (χ2n) is 7.20. The number of rotatable bonds is 7. The zero-order chi connectivity index (χ0) is 19.2. The van der Waals surface area contributed by atoms with Crippen LogP contribution in [0.4, 0.5) is 5.69 Å². The number of benzene rings is 1. The second kappa shape index (κ2) is 9.18. The van der Waals surface area contributed by atoms with Gasteiger partial charge in [-0.1, -0.05) is 38.8 Å². The van der Waals surface area contributed by atoms with E-state index >= 15 is 0 Å². The van der Waals surface area contributed by atoms with Crippen LogP contribution in [0.25, 0.3) is 0 Å². The summed E-state index contributed by atoms with van der Waals surface area (Å²) in [5.74, 6) is 0.282. The normalized spacial score (nSPS) is 13.5. The Bertz CT molecular complexity index is 780. The molecule has 1 aromatic heterocycles. The van der Waals surface area contributed by atoms with Crippen molar-refractivity contribution in [2.75, 3.05) is 11.9 Å². The molecule has 144 valence electrons. The first-order chi connectivity index (χ1) is 13.1. The Morgan fingerprint density at radius 1 is 1.15 bits per heavy atom. The third-order valence-corrected chi connectivity index (χ3v) is 6.01. The highest BCUT2D eigenvalue weighted by atomic mass is 32.1. The zero-order valence-corrected chi connectivity index (χ0v) is 17.0. The lowest BCUT2D eigenvalue weighted by molar-refractivity contribution is -0.120. The van der Waals surface area contributed by atoms with Crippen LogP contribution >= 0.6 is 11.3 Å². The van der Waals surface area contributed by atoms with E-state index in [-0.39, 0.29) is 17.7 Å². The Morgan fingerprint density at radius 2 is 1.93 bits per heavy atom. The van der Waals surface area contributed by atoms with Crippen molar-refractivity contribution in [3.8, 4) is 0 Å². The van der Waals surface area contributed by atoms with E-state index in [1.165, 1.54) is 16.9 Å². The molecule has 0 atom stereocenters. The van der Waals surface area contributed by atoms with E-state index in [9.17, 15) is 9.59 Å². The summed E-state index contributed by atoms with van der Waals surface area (Å²) in [6, 6.07) is 9.90. The van der Waals surface area contributed by atoms with E-state index in [0.29, 0.717) is 6.54 Å². The van der Waals surface area contributed by atoms with Gasteiger partial charge < -0.3 is 10.2 Å². The van der Waals surface area contributed by atoms with Crippen LogP contribution in [-0.2, 0) is 17.8 Å². The van der Waals surface area contributed by atoms with E-state index < -0.39 is 0 Å². The van der Waals surface area contributed by atoms with Gasteiger partial charge in [0, 0.05) is 24.7 Å². The molecule has 1 aromatic carbocycles. The number of thiophene rings is 1. The largest absolute Gasteiger partial charge is 0.333 e. The Hall–Kier alpha value is -2.14. The molecule has 0 spiro atoms. The molecule has 5 heteroatoms. The van der Waals surface area contributed by atoms with Crippen LogP contribution in [0.2, 0.25) is 0 Å². The maximum atomic E-state index is 12.6. The summed E-state index contributed by atoms with van der Waals surface area (Å²) in [4.78, 5) is 27.9. The quantitative estimate of drug-likeness (QED) is 0.722. The van der Waals surface area contributed by atoms with Crippen molar-refractivity contribution in [1.29, 1.82) is 0 Å². The van der Waals surface area contributed by atoms with Gasteiger partial charge in [-0.05, 0) is 54.0 Å². The summed E-state index contributed by atoms with van der Waals surface area (Å²) in [5.41, 5.74) is 3.23. The first-order valence-corrected chi connectivity index (χ1v) is 10.8. The third-order valence-electron chi connectivity index (χ3n) is 5.15. The number of hydrogen-bond donors (Lipinski definition) is 1. The van der Waals surface area contributed by atoms with Crippen molar-refractivity contribution in [3.63, 3.8) is 0 Å². The number of hydrogen-bond acceptors (Lipinski definition) is 3. The molecule has 0 saturated heterocycles. The highest BCUT2D eigenvalue weighted by Gasteiger charge is 2.23. The van der Waals surface area contributed by atoms with Gasteiger partial charge in [-0.25, -0.2) is 0 Å². The maximum absolute atomic E-state index is 12.6. The second-order valence-corrected chi connectivity index (χ2v) is 8.15. The zero-order valence-electron chi connectivity index (χ0n) is 16.2. The van der Waals surface area contributed by atoms with Crippen molar-refractivity contribution >= 4 is 28.8 Å². The summed E-state index contributed by atoms with van der Waals surface area (Å²) in [6.07, 6.45) is 4.74. The molecule has 2 amide bonds. The highest BCUT2D eigenvalue weighted by molar-refractivity contribution is 7.12. The summed E-state index contributed by atoms with van der Waals surface area (Å²) in [5, 5.41) is 5.03. The molecule has 1 aliphatic rings. The fraction of sp³-hybridized carbons (Fsp3) is 0.455. The van der Waals surface area contributed by atoms with Gasteiger partial charge in [0.15, 0.2) is 0 Å². The maximum Gasteiger partial charge on any atom is 0.264 e. The molecule has 0 radical (unpaired) electrons. The van der Waals surface area contributed by atoms with Gasteiger partial charge >= 0.3 is 0 Å². The Kier molecular flexibility index (Phi) is 6.67. The van der Waals surface area contributed by atoms with Crippen molar-refractivity contribution in [1.82, 2.24) is 4.90 Å². The average Bonchev–Trinajstić information content (AvgIpc) is 3.21. The number of amides is 2. The van der Waals surface area contributed by atoms with Gasteiger partial charge in [0.2, 0.25) is 5.91 Å². The molecule has 27 heavy (non-hydrogen) atoms. The van der Waals surface area contributed by atoms with E-state index in [0.717, 1.165) is 54.8 Å². The Labute approximate surface area is 165 Å². The predicted octanol–water partition coefficient (Wildman–Crippen LogP) is 5.10. The smallest absolute Gasteiger partial charge is 0.264 e. The van der Waals surface area contributed by atoms with Crippen LogP contribution < -0.4 is 5.32 Å². The molecule has 0 fully saturated rings. The Morgan fingerprint density at radius 3 is 2.59 bits per heavy atom. The molecular weight excluding hydrogens is 356 g/mol. The van der Waals surface area contributed by atoms with Gasteiger partial charge in [-0.15, -0.1) is 11.3 Å². The first kappa shape index (κ1) is 19.6. The Balaban J connectivity index is 1.70. The van der Waals surface area contributed by atoms with Gasteiger partial charge in [-0.2, -0.15) is 0 Å². The van der Waals surface area contributed by atoms with Crippen molar-refractivity contribution in [3.05, 3.63) is 51.7 Å². The number of fused-ring (bicyclic) bond motifs is 1. The summed E-state index contributed by atoms with van der Waals surface area (Å²) >= 11 is 1.48. The number of carbonyl (C=O) groups excluding carboxylic acids is 2. The fourth-order valence-electron chi connectivity index (χ4n) is 3.71. The molecular formula is C22H28N2O2S. The average molecular weight is 385 g/mol. The molecule has 0 unspecified atom stereocenters. The van der Waals surface area contributed by atoms with Crippen molar-refractivity contribution in [2.24, 2.45) is 5.92 Å². The van der Waals surface area contributed by atoms with Gasteiger partial charge in [0.1, 0.15) is 0 Å². The van der Waals surface area contributed by atoms with E-state index in [4.69, 9.17) is 0 Å². The van der Waals surface area contributed by atoms with Crippen LogP contribution in [0, 0.1) is 5.92 Å². The van der Waals surface area contributed by atoms with E-state index in [2.05, 4.69) is 25.2 Å². The molecule has 4 nitrogen and oxygen atoms in total. The van der Waals surface area contributed by atoms with Crippen molar-refractivity contribution < 1.29 is 9.59 Å². The highest BCUT2D eigenvalue weighted by Crippen LogP contribution is 2.25. The molecule has 1 aliphatic heterocycles. The van der Waals surface area contributed by atoms with Gasteiger partial charge in [0.25, 0.3) is 5.91 Å². The summed E-state index contributed by atoms with van der Waals surface area (Å²) < 4.78 is 0. The molecule has 0 aliphatic carbocycles. The SMILES string of the molecule is CCCC(CCC)C(=O)Nc1ccc2c(c1)CN(C(=O)c1cccs1)CC2. The van der Waals surface area contributed by atoms with E-state index in [1.54, 1.807) is 0 Å². The van der Waals surface area contributed by atoms with E-state index in [1.807, 2.05) is 34.5 Å². The van der Waals surface area contributed by atoms with Crippen LogP contribution in [0.1, 0.15) is 60.3 Å².